The molecule has 0 saturated carbocycles. The van der Waals surface area contributed by atoms with E-state index in [9.17, 15) is 4.79 Å². The first-order valence-electron chi connectivity index (χ1n) is 3.31. The van der Waals surface area contributed by atoms with Crippen molar-refractivity contribution < 1.29 is 4.79 Å². The molecule has 0 spiro atoms. The maximum absolute atomic E-state index is 10.7. The van der Waals surface area contributed by atoms with Crippen molar-refractivity contribution in [2.75, 3.05) is 11.9 Å². The number of halogens is 1. The summed E-state index contributed by atoms with van der Waals surface area (Å²) in [6.45, 7) is 2.78. The first-order chi connectivity index (χ1) is 4.81. The molecule has 0 unspecified atom stereocenters. The summed E-state index contributed by atoms with van der Waals surface area (Å²) in [5.41, 5.74) is 0. The molecule has 0 aromatic rings. The third-order valence-electron chi connectivity index (χ3n) is 0.908. The van der Waals surface area contributed by atoms with Gasteiger partial charge in [0.1, 0.15) is 0 Å². The van der Waals surface area contributed by atoms with E-state index in [-0.39, 0.29) is 5.91 Å². The number of hydrogen-bond donors (Lipinski definition) is 1. The lowest BCUT2D eigenvalue weighted by atomic mass is 10.4. The van der Waals surface area contributed by atoms with Crippen molar-refractivity contribution in [1.29, 1.82) is 0 Å². The van der Waals surface area contributed by atoms with E-state index < -0.39 is 0 Å². The van der Waals surface area contributed by atoms with E-state index >= 15 is 0 Å². The summed E-state index contributed by atoms with van der Waals surface area (Å²) < 4.78 is 0. The molecule has 0 rings (SSSR count). The van der Waals surface area contributed by atoms with Crippen molar-refractivity contribution in [3.8, 4) is 0 Å². The van der Waals surface area contributed by atoms with Crippen LogP contribution in [-0.2, 0) is 4.79 Å². The minimum Gasteiger partial charge on any atom is -0.353 e. The molecular weight excluding hydrogens is 194 g/mol. The van der Waals surface area contributed by atoms with Crippen LogP contribution in [0.25, 0.3) is 0 Å². The van der Waals surface area contributed by atoms with Gasteiger partial charge in [0.2, 0.25) is 5.91 Å². The van der Waals surface area contributed by atoms with Crippen molar-refractivity contribution in [1.82, 2.24) is 5.32 Å². The number of alkyl halides is 1. The molecule has 0 radical (unpaired) electrons. The lowest BCUT2D eigenvalue weighted by molar-refractivity contribution is -0.116. The number of carbonyl (C=O) groups excluding carboxylic acids is 1. The molecule has 0 bridgehead atoms. The first kappa shape index (κ1) is 9.69. The van der Waals surface area contributed by atoms with Crippen LogP contribution in [0.1, 0.15) is 13.3 Å². The standard InChI is InChI=1S/C7H12BrNO/c1-2-6-9-7(10)4-3-5-8/h3-4H,2,5-6H2,1H3,(H,9,10). The predicted octanol–water partition coefficient (Wildman–Crippen LogP) is 1.46. The Labute approximate surface area is 69.8 Å². The Morgan fingerprint density at radius 3 is 2.90 bits per heavy atom. The molecule has 1 N–H and O–H groups in total. The van der Waals surface area contributed by atoms with E-state index in [2.05, 4.69) is 21.2 Å². The zero-order valence-electron chi connectivity index (χ0n) is 6.06. The van der Waals surface area contributed by atoms with Gasteiger partial charge in [-0.3, -0.25) is 4.79 Å². The maximum Gasteiger partial charge on any atom is 0.243 e. The minimum atomic E-state index is -0.0127. The quantitative estimate of drug-likeness (QED) is 0.547. The molecule has 0 aliphatic heterocycles. The van der Waals surface area contributed by atoms with Crippen LogP contribution in [0.4, 0.5) is 0 Å². The third kappa shape index (κ3) is 5.82. The Bertz CT molecular complexity index is 123. The van der Waals surface area contributed by atoms with Gasteiger partial charge in [0.05, 0.1) is 0 Å². The number of hydrogen-bond acceptors (Lipinski definition) is 1. The maximum atomic E-state index is 10.7. The van der Waals surface area contributed by atoms with Crippen LogP contribution < -0.4 is 5.32 Å². The van der Waals surface area contributed by atoms with Crippen LogP contribution in [0.5, 0.6) is 0 Å². The molecule has 2 nitrogen and oxygen atoms in total. The van der Waals surface area contributed by atoms with Gasteiger partial charge in [0.15, 0.2) is 0 Å². The molecule has 3 heteroatoms. The van der Waals surface area contributed by atoms with E-state index in [1.807, 2.05) is 6.92 Å². The van der Waals surface area contributed by atoms with Gasteiger partial charge in [-0.15, -0.1) is 0 Å². The molecule has 10 heavy (non-hydrogen) atoms. The van der Waals surface area contributed by atoms with Gasteiger partial charge >= 0.3 is 0 Å². The van der Waals surface area contributed by atoms with Gasteiger partial charge in [-0.1, -0.05) is 28.9 Å². The molecule has 0 aromatic heterocycles. The summed E-state index contributed by atoms with van der Waals surface area (Å²) in [4.78, 5) is 10.7. The van der Waals surface area contributed by atoms with Crippen LogP contribution in [0.15, 0.2) is 12.2 Å². The molecule has 0 aliphatic rings. The summed E-state index contributed by atoms with van der Waals surface area (Å²) >= 11 is 3.18. The highest BCUT2D eigenvalue weighted by atomic mass is 79.9. The summed E-state index contributed by atoms with van der Waals surface area (Å²) in [6, 6.07) is 0. The van der Waals surface area contributed by atoms with E-state index in [0.717, 1.165) is 18.3 Å². The number of rotatable bonds is 4. The van der Waals surface area contributed by atoms with E-state index in [4.69, 9.17) is 0 Å². The number of amides is 1. The largest absolute Gasteiger partial charge is 0.353 e. The average molecular weight is 206 g/mol. The lowest BCUT2D eigenvalue weighted by Gasteiger charge is -1.95. The van der Waals surface area contributed by atoms with Crippen molar-refractivity contribution in [2.24, 2.45) is 0 Å². The van der Waals surface area contributed by atoms with E-state index in [1.54, 1.807) is 6.08 Å². The van der Waals surface area contributed by atoms with Gasteiger partial charge in [0.25, 0.3) is 0 Å². The monoisotopic (exact) mass is 205 g/mol. The van der Waals surface area contributed by atoms with Gasteiger partial charge in [-0.2, -0.15) is 0 Å². The highest BCUT2D eigenvalue weighted by Gasteiger charge is 1.89. The van der Waals surface area contributed by atoms with Crippen LogP contribution >= 0.6 is 15.9 Å². The number of allylic oxidation sites excluding steroid dienone is 1. The van der Waals surface area contributed by atoms with Gasteiger partial charge in [0, 0.05) is 11.9 Å². The summed E-state index contributed by atoms with van der Waals surface area (Å²) in [6.07, 6.45) is 4.28. The van der Waals surface area contributed by atoms with E-state index in [1.165, 1.54) is 6.08 Å². The first-order valence-corrected chi connectivity index (χ1v) is 4.43. The van der Waals surface area contributed by atoms with Crippen molar-refractivity contribution in [3.63, 3.8) is 0 Å². The highest BCUT2D eigenvalue weighted by Crippen LogP contribution is 1.81. The Kier molecular flexibility index (Phi) is 6.59. The minimum absolute atomic E-state index is 0.0127. The number of carbonyl (C=O) groups is 1. The molecule has 0 atom stereocenters. The SMILES string of the molecule is CCCNC(=O)C=CCBr. The van der Waals surface area contributed by atoms with Crippen molar-refractivity contribution in [2.45, 2.75) is 13.3 Å². The smallest absolute Gasteiger partial charge is 0.243 e. The molecule has 0 fully saturated rings. The molecule has 0 heterocycles. The molecule has 58 valence electrons. The lowest BCUT2D eigenvalue weighted by Crippen LogP contribution is -2.21. The zero-order chi connectivity index (χ0) is 7.82. The normalized spacial score (nSPS) is 10.2. The third-order valence-corrected chi connectivity index (χ3v) is 1.28. The Balaban J connectivity index is 3.34. The van der Waals surface area contributed by atoms with Crippen LogP contribution in [-0.4, -0.2) is 17.8 Å². The fourth-order valence-electron chi connectivity index (χ4n) is 0.459. The molecule has 0 aliphatic carbocycles. The molecule has 0 aromatic carbocycles. The summed E-state index contributed by atoms with van der Waals surface area (Å²) in [7, 11) is 0. The predicted molar refractivity (Wildman–Crippen MR) is 46.2 cm³/mol. The van der Waals surface area contributed by atoms with Gasteiger partial charge in [-0.05, 0) is 12.5 Å². The summed E-state index contributed by atoms with van der Waals surface area (Å²) in [5.74, 6) is -0.0127. The molecule has 1 amide bonds. The second-order valence-electron chi connectivity index (χ2n) is 1.85. The fraction of sp³-hybridized carbons (Fsp3) is 0.571. The topological polar surface area (TPSA) is 29.1 Å². The van der Waals surface area contributed by atoms with Crippen molar-refractivity contribution in [3.05, 3.63) is 12.2 Å². The van der Waals surface area contributed by atoms with Crippen LogP contribution in [0, 0.1) is 0 Å². The van der Waals surface area contributed by atoms with E-state index in [0.29, 0.717) is 0 Å². The van der Waals surface area contributed by atoms with Crippen LogP contribution in [0.2, 0.25) is 0 Å². The summed E-state index contributed by atoms with van der Waals surface area (Å²) in [5, 5.41) is 3.45. The number of nitrogens with one attached hydrogen (secondary N) is 1. The second-order valence-corrected chi connectivity index (χ2v) is 2.50. The Morgan fingerprint density at radius 2 is 2.40 bits per heavy atom. The average Bonchev–Trinajstić information content (AvgIpc) is 1.97. The van der Waals surface area contributed by atoms with Crippen LogP contribution in [0.3, 0.4) is 0 Å². The molecular formula is C7H12BrNO. The Hall–Kier alpha value is -0.310. The second kappa shape index (κ2) is 6.81. The highest BCUT2D eigenvalue weighted by molar-refractivity contribution is 9.09. The van der Waals surface area contributed by atoms with Gasteiger partial charge in [-0.25, -0.2) is 0 Å². The van der Waals surface area contributed by atoms with Crippen molar-refractivity contribution >= 4 is 21.8 Å². The molecule has 0 saturated heterocycles. The Morgan fingerprint density at radius 1 is 1.70 bits per heavy atom. The van der Waals surface area contributed by atoms with Gasteiger partial charge < -0.3 is 5.32 Å². The zero-order valence-corrected chi connectivity index (χ0v) is 7.65. The fourth-order valence-corrected chi connectivity index (χ4v) is 0.646.